The van der Waals surface area contributed by atoms with Crippen LogP contribution in [0.15, 0.2) is 6.20 Å². The van der Waals surface area contributed by atoms with Gasteiger partial charge in [0.25, 0.3) is 0 Å². The summed E-state index contributed by atoms with van der Waals surface area (Å²) in [4.78, 5) is 34.5. The summed E-state index contributed by atoms with van der Waals surface area (Å²) in [6.45, 7) is 2.18. The molecule has 0 bridgehead atoms. The topological polar surface area (TPSA) is 117 Å². The van der Waals surface area contributed by atoms with Crippen LogP contribution in [-0.2, 0) is 9.59 Å². The van der Waals surface area contributed by atoms with Crippen molar-refractivity contribution < 1.29 is 19.5 Å². The molecule has 1 aromatic heterocycles. The van der Waals surface area contributed by atoms with E-state index in [1.54, 1.807) is 4.90 Å². The number of likely N-dealkylation sites (tertiary alicyclic amines) is 1. The van der Waals surface area contributed by atoms with Crippen LogP contribution in [0.1, 0.15) is 23.5 Å². The number of nitrogens with one attached hydrogen (secondary N) is 1. The van der Waals surface area contributed by atoms with Crippen LogP contribution in [-0.4, -0.2) is 62.4 Å². The maximum absolute atomic E-state index is 11.6. The van der Waals surface area contributed by atoms with Gasteiger partial charge in [0.2, 0.25) is 11.8 Å². The first kappa shape index (κ1) is 13.0. The lowest BCUT2D eigenvalue weighted by molar-refractivity contribution is -0.137. The number of hydrogen-bond donors (Lipinski definition) is 2. The van der Waals surface area contributed by atoms with Gasteiger partial charge in [0.1, 0.15) is 0 Å². The molecule has 0 saturated carbocycles. The SMILES string of the molecule is CC(=O)NCC(=O)N1CC(n2cc(C(=O)O)nn2)C1. The third kappa shape index (κ3) is 2.87. The number of aromatic nitrogens is 3. The second-order valence-corrected chi connectivity index (χ2v) is 4.25. The van der Waals surface area contributed by atoms with Crippen LogP contribution in [0.2, 0.25) is 0 Å². The Kier molecular flexibility index (Phi) is 3.45. The standard InChI is InChI=1S/C10H13N5O4/c1-6(16)11-2-9(17)14-3-7(4-14)15-5-8(10(18)19)12-13-15/h5,7H,2-4H2,1H3,(H,11,16)(H,18,19). The molecule has 0 aliphatic carbocycles. The summed E-state index contributed by atoms with van der Waals surface area (Å²) in [5.74, 6) is -1.57. The Bertz CT molecular complexity index is 520. The van der Waals surface area contributed by atoms with Crippen molar-refractivity contribution in [1.29, 1.82) is 0 Å². The molecule has 9 heteroatoms. The Morgan fingerprint density at radius 3 is 2.68 bits per heavy atom. The summed E-state index contributed by atoms with van der Waals surface area (Å²) in [6, 6.07) is -0.0677. The third-order valence-electron chi connectivity index (χ3n) is 2.81. The Labute approximate surface area is 108 Å². The van der Waals surface area contributed by atoms with E-state index in [4.69, 9.17) is 5.11 Å². The molecule has 1 saturated heterocycles. The Hall–Kier alpha value is -2.45. The number of nitrogens with zero attached hydrogens (tertiary/aromatic N) is 4. The zero-order valence-corrected chi connectivity index (χ0v) is 10.2. The number of hydrogen-bond acceptors (Lipinski definition) is 5. The molecule has 2 amide bonds. The van der Waals surface area contributed by atoms with Gasteiger partial charge >= 0.3 is 5.97 Å². The zero-order valence-electron chi connectivity index (χ0n) is 10.2. The quantitative estimate of drug-likeness (QED) is 0.685. The van der Waals surface area contributed by atoms with Crippen molar-refractivity contribution in [3.05, 3.63) is 11.9 Å². The second kappa shape index (κ2) is 5.04. The number of carboxylic acids is 1. The highest BCUT2D eigenvalue weighted by Crippen LogP contribution is 2.20. The molecule has 0 radical (unpaired) electrons. The van der Waals surface area contributed by atoms with Crippen molar-refractivity contribution in [3.63, 3.8) is 0 Å². The average molecular weight is 267 g/mol. The van der Waals surface area contributed by atoms with E-state index in [0.29, 0.717) is 13.1 Å². The molecule has 102 valence electrons. The number of carbonyl (C=O) groups is 3. The van der Waals surface area contributed by atoms with E-state index in [1.165, 1.54) is 17.8 Å². The van der Waals surface area contributed by atoms with E-state index in [9.17, 15) is 14.4 Å². The summed E-state index contributed by atoms with van der Waals surface area (Å²) in [5.41, 5.74) is -0.122. The lowest BCUT2D eigenvalue weighted by Crippen LogP contribution is -2.53. The van der Waals surface area contributed by atoms with E-state index in [2.05, 4.69) is 15.6 Å². The first-order valence-electron chi connectivity index (χ1n) is 5.64. The summed E-state index contributed by atoms with van der Waals surface area (Å²) < 4.78 is 1.44. The van der Waals surface area contributed by atoms with Gasteiger partial charge in [-0.2, -0.15) is 0 Å². The fourth-order valence-electron chi connectivity index (χ4n) is 1.69. The predicted octanol–water partition coefficient (Wildman–Crippen LogP) is -1.50. The lowest BCUT2D eigenvalue weighted by Gasteiger charge is -2.38. The molecule has 2 rings (SSSR count). The minimum atomic E-state index is -1.14. The lowest BCUT2D eigenvalue weighted by atomic mass is 10.1. The van der Waals surface area contributed by atoms with Gasteiger partial charge in [-0.15, -0.1) is 5.10 Å². The van der Waals surface area contributed by atoms with E-state index < -0.39 is 5.97 Å². The molecule has 0 unspecified atom stereocenters. The maximum atomic E-state index is 11.6. The van der Waals surface area contributed by atoms with Crippen LogP contribution in [0, 0.1) is 0 Å². The maximum Gasteiger partial charge on any atom is 0.358 e. The highest BCUT2D eigenvalue weighted by Gasteiger charge is 2.32. The Balaban J connectivity index is 1.83. The summed E-state index contributed by atoms with van der Waals surface area (Å²) in [7, 11) is 0. The van der Waals surface area contributed by atoms with Crippen molar-refractivity contribution in [2.24, 2.45) is 0 Å². The largest absolute Gasteiger partial charge is 0.476 e. The van der Waals surface area contributed by atoms with Gasteiger partial charge < -0.3 is 15.3 Å². The average Bonchev–Trinajstić information content (AvgIpc) is 2.73. The molecule has 0 spiro atoms. The Morgan fingerprint density at radius 1 is 1.47 bits per heavy atom. The molecule has 9 nitrogen and oxygen atoms in total. The van der Waals surface area contributed by atoms with Crippen LogP contribution in [0.3, 0.4) is 0 Å². The molecule has 2 heterocycles. The highest BCUT2D eigenvalue weighted by atomic mass is 16.4. The molecule has 19 heavy (non-hydrogen) atoms. The zero-order chi connectivity index (χ0) is 14.0. The van der Waals surface area contributed by atoms with Crippen LogP contribution in [0.25, 0.3) is 0 Å². The third-order valence-corrected chi connectivity index (χ3v) is 2.81. The molecule has 0 aromatic carbocycles. The van der Waals surface area contributed by atoms with Crippen molar-refractivity contribution in [1.82, 2.24) is 25.2 Å². The molecular formula is C10H13N5O4. The molecule has 1 aromatic rings. The smallest absolute Gasteiger partial charge is 0.358 e. The van der Waals surface area contributed by atoms with E-state index in [-0.39, 0.29) is 30.1 Å². The van der Waals surface area contributed by atoms with Gasteiger partial charge in [-0.3, -0.25) is 9.59 Å². The van der Waals surface area contributed by atoms with Gasteiger partial charge in [-0.05, 0) is 0 Å². The van der Waals surface area contributed by atoms with Crippen molar-refractivity contribution in [2.75, 3.05) is 19.6 Å². The normalized spacial score (nSPS) is 14.9. The number of carboxylic acid groups (broad SMARTS) is 1. The molecule has 0 atom stereocenters. The fraction of sp³-hybridized carbons (Fsp3) is 0.500. The van der Waals surface area contributed by atoms with Gasteiger partial charge in [0.15, 0.2) is 5.69 Å². The molecule has 1 fully saturated rings. The number of carbonyl (C=O) groups excluding carboxylic acids is 2. The minimum absolute atomic E-state index is 0.0280. The van der Waals surface area contributed by atoms with E-state index in [1.807, 2.05) is 0 Å². The van der Waals surface area contributed by atoms with Gasteiger partial charge in [-0.25, -0.2) is 9.48 Å². The number of rotatable bonds is 4. The number of amides is 2. The monoisotopic (exact) mass is 267 g/mol. The summed E-state index contributed by atoms with van der Waals surface area (Å²) >= 11 is 0. The molecule has 1 aliphatic heterocycles. The van der Waals surface area contributed by atoms with Crippen molar-refractivity contribution >= 4 is 17.8 Å². The molecule has 1 aliphatic rings. The summed E-state index contributed by atoms with van der Waals surface area (Å²) in [6.07, 6.45) is 1.34. The van der Waals surface area contributed by atoms with Crippen LogP contribution < -0.4 is 5.32 Å². The van der Waals surface area contributed by atoms with Crippen LogP contribution in [0.5, 0.6) is 0 Å². The van der Waals surface area contributed by atoms with Crippen LogP contribution >= 0.6 is 0 Å². The summed E-state index contributed by atoms with van der Waals surface area (Å²) in [5, 5.41) is 18.3. The van der Waals surface area contributed by atoms with Crippen molar-refractivity contribution in [3.8, 4) is 0 Å². The van der Waals surface area contributed by atoms with E-state index in [0.717, 1.165) is 0 Å². The first-order valence-corrected chi connectivity index (χ1v) is 5.64. The first-order chi connectivity index (χ1) is 8.97. The van der Waals surface area contributed by atoms with Gasteiger partial charge in [0.05, 0.1) is 18.8 Å². The van der Waals surface area contributed by atoms with Crippen molar-refractivity contribution in [2.45, 2.75) is 13.0 Å². The fourth-order valence-corrected chi connectivity index (χ4v) is 1.69. The van der Waals surface area contributed by atoms with E-state index >= 15 is 0 Å². The van der Waals surface area contributed by atoms with Gasteiger partial charge in [0, 0.05) is 20.0 Å². The van der Waals surface area contributed by atoms with Crippen LogP contribution in [0.4, 0.5) is 0 Å². The minimum Gasteiger partial charge on any atom is -0.476 e. The molecule has 2 N–H and O–H groups in total. The highest BCUT2D eigenvalue weighted by molar-refractivity contribution is 5.85. The van der Waals surface area contributed by atoms with Gasteiger partial charge in [-0.1, -0.05) is 5.21 Å². The second-order valence-electron chi connectivity index (χ2n) is 4.25. The molecular weight excluding hydrogens is 254 g/mol. The Morgan fingerprint density at radius 2 is 2.16 bits per heavy atom. The number of aromatic carboxylic acids is 1. The predicted molar refractivity (Wildman–Crippen MR) is 61.3 cm³/mol.